The molecule has 0 radical (unpaired) electrons. The molecule has 0 bridgehead atoms. The summed E-state index contributed by atoms with van der Waals surface area (Å²) >= 11 is 2.20. The van der Waals surface area contributed by atoms with Gasteiger partial charge in [0.1, 0.15) is 0 Å². The summed E-state index contributed by atoms with van der Waals surface area (Å²) in [6, 6.07) is 7.62. The second-order valence-electron chi connectivity index (χ2n) is 3.38. The molecule has 1 fully saturated rings. The minimum Gasteiger partial charge on any atom is -0.549 e. The quantitative estimate of drug-likeness (QED) is 0.763. The van der Waals surface area contributed by atoms with Crippen molar-refractivity contribution in [3.8, 4) is 0 Å². The second-order valence-corrected chi connectivity index (χ2v) is 4.62. The molecule has 1 aromatic carbocycles. The minimum absolute atomic E-state index is 0.662. The molecule has 0 amide bonds. The van der Waals surface area contributed by atoms with E-state index in [4.69, 9.17) is 0 Å². The Kier molecular flexibility index (Phi) is 2.06. The summed E-state index contributed by atoms with van der Waals surface area (Å²) in [4.78, 5) is 10.9. The third-order valence-electron chi connectivity index (χ3n) is 2.54. The molecule has 0 atom stereocenters. The van der Waals surface area contributed by atoms with Crippen molar-refractivity contribution < 1.29 is 9.90 Å². The average Bonchev–Trinajstić information content (AvgIpc) is 2.86. The topological polar surface area (TPSA) is 40.1 Å². The van der Waals surface area contributed by atoms with Crippen molar-refractivity contribution in [3.63, 3.8) is 0 Å². The highest BCUT2D eigenvalue weighted by atomic mass is 127. The van der Waals surface area contributed by atoms with Gasteiger partial charge >= 0.3 is 0 Å². The third-order valence-corrected chi connectivity index (χ3v) is 3.26. The molecule has 1 aliphatic rings. The summed E-state index contributed by atoms with van der Waals surface area (Å²) in [6.45, 7) is 0. The first-order valence-electron chi connectivity index (χ1n) is 4.13. The van der Waals surface area contributed by atoms with Crippen LogP contribution in [0, 0.1) is 3.57 Å². The normalized spacial score (nSPS) is 18.2. The van der Waals surface area contributed by atoms with Gasteiger partial charge in [-0.3, -0.25) is 0 Å². The van der Waals surface area contributed by atoms with Gasteiger partial charge in [0.05, 0.1) is 5.97 Å². The van der Waals surface area contributed by atoms with Gasteiger partial charge in [-0.15, -0.1) is 0 Å². The molecule has 1 aliphatic carbocycles. The number of carbonyl (C=O) groups excluding carboxylic acids is 1. The highest BCUT2D eigenvalue weighted by molar-refractivity contribution is 14.1. The fourth-order valence-corrected chi connectivity index (χ4v) is 1.86. The van der Waals surface area contributed by atoms with Gasteiger partial charge in [-0.1, -0.05) is 12.1 Å². The Morgan fingerprint density at radius 1 is 1.31 bits per heavy atom. The van der Waals surface area contributed by atoms with E-state index in [9.17, 15) is 9.90 Å². The van der Waals surface area contributed by atoms with Crippen molar-refractivity contribution in [2.75, 3.05) is 0 Å². The van der Waals surface area contributed by atoms with Gasteiger partial charge in [-0.2, -0.15) is 0 Å². The van der Waals surface area contributed by atoms with Crippen LogP contribution in [0.5, 0.6) is 0 Å². The lowest BCUT2D eigenvalue weighted by molar-refractivity contribution is -0.309. The van der Waals surface area contributed by atoms with Gasteiger partial charge in [-0.05, 0) is 53.1 Å². The van der Waals surface area contributed by atoms with Crippen molar-refractivity contribution in [3.05, 3.63) is 33.4 Å². The molecule has 0 saturated heterocycles. The lowest BCUT2D eigenvalue weighted by Crippen LogP contribution is -2.35. The van der Waals surface area contributed by atoms with E-state index in [1.54, 1.807) is 0 Å². The maximum Gasteiger partial charge on any atom is 0.0520 e. The van der Waals surface area contributed by atoms with Crippen LogP contribution in [0.3, 0.4) is 0 Å². The Balaban J connectivity index is 2.36. The number of carbonyl (C=O) groups is 1. The monoisotopic (exact) mass is 287 g/mol. The van der Waals surface area contributed by atoms with Crippen LogP contribution in [-0.4, -0.2) is 5.97 Å². The third kappa shape index (κ3) is 1.45. The Morgan fingerprint density at radius 2 is 1.85 bits per heavy atom. The van der Waals surface area contributed by atoms with Gasteiger partial charge < -0.3 is 9.90 Å². The first kappa shape index (κ1) is 8.99. The first-order chi connectivity index (χ1) is 6.15. The number of aliphatic carboxylic acids is 1. The van der Waals surface area contributed by atoms with Crippen LogP contribution in [0.15, 0.2) is 24.3 Å². The molecular weight excluding hydrogens is 279 g/mol. The standard InChI is InChI=1S/C10H9IO2/c11-8-3-1-7(2-4-8)10(5-6-10)9(12)13/h1-4H,5-6H2,(H,12,13)/p-1. The van der Waals surface area contributed by atoms with E-state index in [1.165, 1.54) is 0 Å². The molecule has 0 heterocycles. The smallest absolute Gasteiger partial charge is 0.0520 e. The molecule has 0 aliphatic heterocycles. The largest absolute Gasteiger partial charge is 0.549 e. The van der Waals surface area contributed by atoms with E-state index in [-0.39, 0.29) is 0 Å². The van der Waals surface area contributed by atoms with Gasteiger partial charge in [0.2, 0.25) is 0 Å². The van der Waals surface area contributed by atoms with Crippen molar-refractivity contribution in [1.82, 2.24) is 0 Å². The van der Waals surface area contributed by atoms with Crippen LogP contribution in [0.4, 0.5) is 0 Å². The number of hydrogen-bond donors (Lipinski definition) is 0. The summed E-state index contributed by atoms with van der Waals surface area (Å²) in [5.41, 5.74) is 0.220. The van der Waals surface area contributed by atoms with E-state index in [2.05, 4.69) is 22.6 Å². The Morgan fingerprint density at radius 3 is 2.23 bits per heavy atom. The van der Waals surface area contributed by atoms with Crippen LogP contribution >= 0.6 is 22.6 Å². The Labute approximate surface area is 90.1 Å². The molecule has 3 heteroatoms. The average molecular weight is 287 g/mol. The lowest BCUT2D eigenvalue weighted by atomic mass is 9.96. The summed E-state index contributed by atoms with van der Waals surface area (Å²) in [7, 11) is 0. The highest BCUT2D eigenvalue weighted by Crippen LogP contribution is 2.47. The molecule has 68 valence electrons. The number of carboxylic acids is 1. The number of benzene rings is 1. The number of carboxylic acid groups (broad SMARTS) is 1. The zero-order valence-electron chi connectivity index (χ0n) is 6.92. The van der Waals surface area contributed by atoms with Crippen molar-refractivity contribution in [2.45, 2.75) is 18.3 Å². The van der Waals surface area contributed by atoms with E-state index in [1.807, 2.05) is 24.3 Å². The number of hydrogen-bond acceptors (Lipinski definition) is 2. The number of rotatable bonds is 2. The zero-order valence-corrected chi connectivity index (χ0v) is 9.08. The molecular formula is C10H8IO2-. The summed E-state index contributed by atoms with van der Waals surface area (Å²) in [5.74, 6) is -0.936. The van der Waals surface area contributed by atoms with Crippen LogP contribution in [0.1, 0.15) is 18.4 Å². The van der Waals surface area contributed by atoms with Crippen molar-refractivity contribution in [1.29, 1.82) is 0 Å². The first-order valence-corrected chi connectivity index (χ1v) is 5.20. The number of halogens is 1. The van der Waals surface area contributed by atoms with Gasteiger partial charge in [0.15, 0.2) is 0 Å². The zero-order chi connectivity index (χ0) is 9.47. The second kappa shape index (κ2) is 2.97. The predicted molar refractivity (Wildman–Crippen MR) is 55.1 cm³/mol. The Hall–Kier alpha value is -0.580. The summed E-state index contributed by atoms with van der Waals surface area (Å²) < 4.78 is 1.12. The van der Waals surface area contributed by atoms with Crippen LogP contribution in [-0.2, 0) is 10.2 Å². The van der Waals surface area contributed by atoms with Crippen molar-refractivity contribution >= 4 is 28.6 Å². The fraction of sp³-hybridized carbons (Fsp3) is 0.300. The molecule has 0 N–H and O–H groups in total. The van der Waals surface area contributed by atoms with Crippen molar-refractivity contribution in [2.24, 2.45) is 0 Å². The van der Waals surface area contributed by atoms with Gasteiger partial charge in [0, 0.05) is 8.99 Å². The highest BCUT2D eigenvalue weighted by Gasteiger charge is 2.45. The van der Waals surface area contributed by atoms with Crippen LogP contribution in [0.2, 0.25) is 0 Å². The van der Waals surface area contributed by atoms with Gasteiger partial charge in [-0.25, -0.2) is 0 Å². The maximum absolute atomic E-state index is 10.9. The Bertz CT molecular complexity index is 338. The summed E-state index contributed by atoms with van der Waals surface area (Å²) in [6.07, 6.45) is 1.44. The molecule has 2 rings (SSSR count). The fourth-order valence-electron chi connectivity index (χ4n) is 1.50. The molecule has 13 heavy (non-hydrogen) atoms. The SMILES string of the molecule is O=C([O-])C1(c2ccc(I)cc2)CC1. The molecule has 1 aromatic rings. The van der Waals surface area contributed by atoms with E-state index in [0.29, 0.717) is 0 Å². The van der Waals surface area contributed by atoms with Gasteiger partial charge in [0.25, 0.3) is 0 Å². The van der Waals surface area contributed by atoms with E-state index < -0.39 is 11.4 Å². The molecule has 1 saturated carbocycles. The lowest BCUT2D eigenvalue weighted by Gasteiger charge is -2.16. The molecule has 2 nitrogen and oxygen atoms in total. The van der Waals surface area contributed by atoms with Crippen LogP contribution < -0.4 is 5.11 Å². The molecule has 0 aromatic heterocycles. The summed E-state index contributed by atoms with van der Waals surface area (Å²) in [5, 5.41) is 10.9. The molecule has 0 unspecified atom stereocenters. The predicted octanol–water partition coefficient (Wildman–Crippen LogP) is 1.07. The van der Waals surface area contributed by atoms with E-state index in [0.717, 1.165) is 22.0 Å². The molecule has 0 spiro atoms. The van der Waals surface area contributed by atoms with E-state index >= 15 is 0 Å². The van der Waals surface area contributed by atoms with Crippen LogP contribution in [0.25, 0.3) is 0 Å². The maximum atomic E-state index is 10.9. The minimum atomic E-state index is -0.936.